The number of hydrogen-bond donors (Lipinski definition) is 3. The van der Waals surface area contributed by atoms with E-state index in [0.29, 0.717) is 18.1 Å². The number of nitrogens with one attached hydrogen (secondary N) is 2. The first-order valence-electron chi connectivity index (χ1n) is 6.16. The summed E-state index contributed by atoms with van der Waals surface area (Å²) in [6.07, 6.45) is 1.61. The van der Waals surface area contributed by atoms with Gasteiger partial charge in [0.05, 0.1) is 0 Å². The van der Waals surface area contributed by atoms with Gasteiger partial charge in [0.2, 0.25) is 0 Å². The van der Waals surface area contributed by atoms with Crippen LogP contribution in [-0.4, -0.2) is 40.4 Å². The Morgan fingerprint density at radius 1 is 1.44 bits per heavy atom. The molecule has 0 aliphatic rings. The third kappa shape index (κ3) is 4.67. The van der Waals surface area contributed by atoms with Gasteiger partial charge in [0, 0.05) is 19.2 Å². The first-order chi connectivity index (χ1) is 8.67. The Kier molecular flexibility index (Phi) is 6.07. The van der Waals surface area contributed by atoms with E-state index in [1.165, 1.54) is 0 Å². The molecule has 1 aromatic rings. The van der Waals surface area contributed by atoms with Gasteiger partial charge in [-0.2, -0.15) is 0 Å². The van der Waals surface area contributed by atoms with Gasteiger partial charge in [0.15, 0.2) is 5.69 Å². The molecule has 0 aliphatic carbocycles. The van der Waals surface area contributed by atoms with Crippen LogP contribution in [-0.2, 0) is 0 Å². The molecule has 3 N–H and O–H groups in total. The molecule has 1 unspecified atom stereocenters. The molecule has 1 aromatic heterocycles. The van der Waals surface area contributed by atoms with Crippen molar-refractivity contribution in [3.05, 3.63) is 17.8 Å². The lowest BCUT2D eigenvalue weighted by atomic mass is 10.2. The summed E-state index contributed by atoms with van der Waals surface area (Å²) in [5, 5.41) is 22.4. The quantitative estimate of drug-likeness (QED) is 0.668. The monoisotopic (exact) mass is 252 g/mol. The maximum absolute atomic E-state index is 11.5. The molecule has 6 nitrogen and oxygen atoms in total. The van der Waals surface area contributed by atoms with E-state index in [0.717, 1.165) is 12.8 Å². The van der Waals surface area contributed by atoms with Crippen molar-refractivity contribution in [2.45, 2.75) is 32.7 Å². The number of aromatic nitrogens is 2. The van der Waals surface area contributed by atoms with Crippen LogP contribution in [0.5, 0.6) is 0 Å². The Balaban J connectivity index is 2.52. The average molecular weight is 252 g/mol. The predicted molar refractivity (Wildman–Crippen MR) is 69.4 cm³/mol. The third-order valence-electron chi connectivity index (χ3n) is 2.42. The van der Waals surface area contributed by atoms with Gasteiger partial charge in [0.25, 0.3) is 5.91 Å². The molecular formula is C12H20N4O2. The van der Waals surface area contributed by atoms with E-state index in [1.807, 2.05) is 13.8 Å². The van der Waals surface area contributed by atoms with E-state index in [4.69, 9.17) is 5.11 Å². The molecule has 18 heavy (non-hydrogen) atoms. The molecule has 1 amide bonds. The van der Waals surface area contributed by atoms with E-state index < -0.39 is 0 Å². The van der Waals surface area contributed by atoms with Crippen LogP contribution < -0.4 is 10.6 Å². The van der Waals surface area contributed by atoms with Crippen LogP contribution in [0, 0.1) is 0 Å². The number of amides is 1. The number of hydrogen-bond acceptors (Lipinski definition) is 5. The van der Waals surface area contributed by atoms with E-state index >= 15 is 0 Å². The fourth-order valence-electron chi connectivity index (χ4n) is 1.50. The van der Waals surface area contributed by atoms with Gasteiger partial charge < -0.3 is 15.7 Å². The minimum atomic E-state index is -0.218. The Labute approximate surface area is 107 Å². The van der Waals surface area contributed by atoms with Crippen molar-refractivity contribution in [1.82, 2.24) is 15.5 Å². The first-order valence-corrected chi connectivity index (χ1v) is 6.16. The number of aliphatic hydroxyl groups excluding tert-OH is 1. The molecule has 6 heteroatoms. The summed E-state index contributed by atoms with van der Waals surface area (Å²) >= 11 is 0. The van der Waals surface area contributed by atoms with Crippen molar-refractivity contribution in [2.75, 3.05) is 18.5 Å². The second-order valence-corrected chi connectivity index (χ2v) is 4.07. The molecule has 0 bridgehead atoms. The third-order valence-corrected chi connectivity index (χ3v) is 2.42. The first kappa shape index (κ1) is 14.4. The Morgan fingerprint density at radius 2 is 2.22 bits per heavy atom. The van der Waals surface area contributed by atoms with Crippen LogP contribution in [0.4, 0.5) is 5.82 Å². The van der Waals surface area contributed by atoms with Gasteiger partial charge in [-0.1, -0.05) is 0 Å². The van der Waals surface area contributed by atoms with Crippen LogP contribution in [0.25, 0.3) is 0 Å². The number of rotatable bonds is 7. The highest BCUT2D eigenvalue weighted by Crippen LogP contribution is 2.07. The average Bonchev–Trinajstić information content (AvgIpc) is 2.37. The van der Waals surface area contributed by atoms with Crippen molar-refractivity contribution < 1.29 is 9.90 Å². The number of aliphatic hydroxyl groups is 1. The highest BCUT2D eigenvalue weighted by Gasteiger charge is 2.07. The van der Waals surface area contributed by atoms with Crippen LogP contribution in [0.3, 0.4) is 0 Å². The standard InChI is InChI=1S/C12H20N4O2/c1-3-13-12(18)10-6-7-11(16-15-10)14-9(2)5-4-8-17/h6-7,9,17H,3-5,8H2,1-2H3,(H,13,18)(H,14,16). The van der Waals surface area contributed by atoms with E-state index in [-0.39, 0.29) is 18.6 Å². The van der Waals surface area contributed by atoms with Crippen LogP contribution in [0.2, 0.25) is 0 Å². The fraction of sp³-hybridized carbons (Fsp3) is 0.583. The fourth-order valence-corrected chi connectivity index (χ4v) is 1.50. The van der Waals surface area contributed by atoms with Gasteiger partial charge in [-0.15, -0.1) is 10.2 Å². The topological polar surface area (TPSA) is 87.1 Å². The van der Waals surface area contributed by atoms with Gasteiger partial charge in [0.1, 0.15) is 5.82 Å². The molecule has 0 fully saturated rings. The van der Waals surface area contributed by atoms with Crippen molar-refractivity contribution in [1.29, 1.82) is 0 Å². The zero-order valence-corrected chi connectivity index (χ0v) is 10.8. The van der Waals surface area contributed by atoms with Crippen LogP contribution >= 0.6 is 0 Å². The summed E-state index contributed by atoms with van der Waals surface area (Å²) in [6, 6.07) is 3.58. The van der Waals surface area contributed by atoms with Crippen molar-refractivity contribution in [2.24, 2.45) is 0 Å². The van der Waals surface area contributed by atoms with Gasteiger partial charge in [-0.05, 0) is 38.8 Å². The molecule has 0 saturated heterocycles. The zero-order chi connectivity index (χ0) is 13.4. The summed E-state index contributed by atoms with van der Waals surface area (Å²) in [5.74, 6) is 0.415. The maximum Gasteiger partial charge on any atom is 0.271 e. The molecule has 0 radical (unpaired) electrons. The number of carbonyl (C=O) groups excluding carboxylic acids is 1. The molecule has 1 atom stereocenters. The van der Waals surface area contributed by atoms with Crippen molar-refractivity contribution in [3.63, 3.8) is 0 Å². The predicted octanol–water partition coefficient (Wildman–Crippen LogP) is 0.799. The molecule has 0 aromatic carbocycles. The van der Waals surface area contributed by atoms with Crippen molar-refractivity contribution >= 4 is 11.7 Å². The summed E-state index contributed by atoms with van der Waals surface area (Å²) in [5.41, 5.74) is 0.311. The van der Waals surface area contributed by atoms with E-state index in [2.05, 4.69) is 20.8 Å². The molecule has 0 spiro atoms. The van der Waals surface area contributed by atoms with Gasteiger partial charge >= 0.3 is 0 Å². The highest BCUT2D eigenvalue weighted by atomic mass is 16.2. The van der Waals surface area contributed by atoms with Crippen molar-refractivity contribution in [3.8, 4) is 0 Å². The van der Waals surface area contributed by atoms with Gasteiger partial charge in [-0.25, -0.2) is 0 Å². The minimum absolute atomic E-state index is 0.188. The SMILES string of the molecule is CCNC(=O)c1ccc(NC(C)CCCO)nn1. The lowest BCUT2D eigenvalue weighted by Gasteiger charge is -2.13. The van der Waals surface area contributed by atoms with E-state index in [1.54, 1.807) is 12.1 Å². The lowest BCUT2D eigenvalue weighted by molar-refractivity contribution is 0.0950. The highest BCUT2D eigenvalue weighted by molar-refractivity contribution is 5.92. The second kappa shape index (κ2) is 7.60. The summed E-state index contributed by atoms with van der Waals surface area (Å²) in [7, 11) is 0. The maximum atomic E-state index is 11.5. The Morgan fingerprint density at radius 3 is 2.78 bits per heavy atom. The normalized spacial score (nSPS) is 11.9. The largest absolute Gasteiger partial charge is 0.396 e. The van der Waals surface area contributed by atoms with Crippen LogP contribution in [0.15, 0.2) is 12.1 Å². The molecule has 1 heterocycles. The molecular weight excluding hydrogens is 232 g/mol. The summed E-state index contributed by atoms with van der Waals surface area (Å²) in [6.45, 7) is 4.62. The van der Waals surface area contributed by atoms with Gasteiger partial charge in [-0.3, -0.25) is 4.79 Å². The smallest absolute Gasteiger partial charge is 0.271 e. The number of carbonyl (C=O) groups is 1. The number of nitrogens with zero attached hydrogens (tertiary/aromatic N) is 2. The summed E-state index contributed by atoms with van der Waals surface area (Å²) < 4.78 is 0. The van der Waals surface area contributed by atoms with E-state index in [9.17, 15) is 4.79 Å². The Hall–Kier alpha value is -1.69. The zero-order valence-electron chi connectivity index (χ0n) is 10.8. The molecule has 0 aliphatic heterocycles. The Bertz CT molecular complexity index is 367. The minimum Gasteiger partial charge on any atom is -0.396 e. The second-order valence-electron chi connectivity index (χ2n) is 4.07. The molecule has 100 valence electrons. The number of anilines is 1. The summed E-state index contributed by atoms with van der Waals surface area (Å²) in [4.78, 5) is 11.5. The lowest BCUT2D eigenvalue weighted by Crippen LogP contribution is -2.24. The molecule has 0 saturated carbocycles. The van der Waals surface area contributed by atoms with Crippen LogP contribution in [0.1, 0.15) is 37.2 Å². The molecule has 1 rings (SSSR count).